The third-order valence-corrected chi connectivity index (χ3v) is 3.96. The van der Waals surface area contributed by atoms with Gasteiger partial charge in [0.1, 0.15) is 11.5 Å². The summed E-state index contributed by atoms with van der Waals surface area (Å²) in [6.07, 6.45) is -3.07. The van der Waals surface area contributed by atoms with Crippen molar-refractivity contribution in [2.24, 2.45) is 11.7 Å². The maximum Gasteiger partial charge on any atom is 0.435 e. The number of carbonyl (C=O) groups is 1. The van der Waals surface area contributed by atoms with Gasteiger partial charge in [-0.3, -0.25) is 4.79 Å². The van der Waals surface area contributed by atoms with Gasteiger partial charge in [0, 0.05) is 12.6 Å². The van der Waals surface area contributed by atoms with E-state index >= 15 is 0 Å². The number of hydrogen-bond donors (Lipinski definition) is 2. The number of nitrogens with zero attached hydrogens (tertiary/aromatic N) is 3. The van der Waals surface area contributed by atoms with E-state index in [1.54, 1.807) is 0 Å². The number of hydrogen-bond acceptors (Lipinski definition) is 4. The molecule has 1 saturated carbocycles. The van der Waals surface area contributed by atoms with Gasteiger partial charge in [-0.25, -0.2) is 9.07 Å². The second kappa shape index (κ2) is 7.58. The van der Waals surface area contributed by atoms with Gasteiger partial charge in [-0.1, -0.05) is 17.3 Å². The molecule has 1 heterocycles. The van der Waals surface area contributed by atoms with Crippen molar-refractivity contribution in [3.63, 3.8) is 0 Å². The predicted octanol–water partition coefficient (Wildman–Crippen LogP) is 2.31. The minimum Gasteiger partial charge on any atom is -0.349 e. The van der Waals surface area contributed by atoms with Gasteiger partial charge in [0.15, 0.2) is 11.4 Å². The fourth-order valence-electron chi connectivity index (χ4n) is 2.47. The molecule has 1 aliphatic rings. The molecule has 1 aromatic carbocycles. The Labute approximate surface area is 152 Å². The Balaban J connectivity index is 0.00000243. The largest absolute Gasteiger partial charge is 0.435 e. The van der Waals surface area contributed by atoms with Gasteiger partial charge in [-0.2, -0.15) is 13.2 Å². The van der Waals surface area contributed by atoms with Crippen LogP contribution in [0.3, 0.4) is 0 Å². The summed E-state index contributed by atoms with van der Waals surface area (Å²) in [5.41, 5.74) is 3.02. The van der Waals surface area contributed by atoms with Gasteiger partial charge in [-0.05, 0) is 30.9 Å². The first-order valence-electron chi connectivity index (χ1n) is 7.60. The molecule has 0 radical (unpaired) electrons. The van der Waals surface area contributed by atoms with Gasteiger partial charge in [0.2, 0.25) is 0 Å². The Kier molecular flexibility index (Phi) is 5.87. The van der Waals surface area contributed by atoms with E-state index in [9.17, 15) is 22.4 Å². The van der Waals surface area contributed by atoms with Crippen LogP contribution in [0.2, 0.25) is 0 Å². The van der Waals surface area contributed by atoms with Crippen LogP contribution in [0.5, 0.6) is 0 Å². The summed E-state index contributed by atoms with van der Waals surface area (Å²) in [6, 6.07) is 4.47. The number of benzene rings is 1. The van der Waals surface area contributed by atoms with Crippen LogP contribution in [0, 0.1) is 11.7 Å². The summed E-state index contributed by atoms with van der Waals surface area (Å²) < 4.78 is 54.4. The van der Waals surface area contributed by atoms with E-state index < -0.39 is 35.0 Å². The smallest absolute Gasteiger partial charge is 0.349 e. The van der Waals surface area contributed by atoms with Gasteiger partial charge in [0.25, 0.3) is 5.91 Å². The van der Waals surface area contributed by atoms with Crippen molar-refractivity contribution in [1.82, 2.24) is 20.3 Å². The number of para-hydroxylation sites is 1. The van der Waals surface area contributed by atoms with Crippen molar-refractivity contribution < 1.29 is 22.4 Å². The van der Waals surface area contributed by atoms with Crippen molar-refractivity contribution in [3.05, 3.63) is 41.5 Å². The second-order valence-electron chi connectivity index (χ2n) is 5.86. The van der Waals surface area contributed by atoms with Crippen molar-refractivity contribution in [2.45, 2.75) is 25.1 Å². The molecule has 2 aromatic rings. The number of nitrogens with two attached hydrogens (primary N) is 1. The fraction of sp³-hybridized carbons (Fsp3) is 0.400. The molecule has 0 saturated heterocycles. The summed E-state index contributed by atoms with van der Waals surface area (Å²) in [5, 5.41) is 8.97. The van der Waals surface area contributed by atoms with Gasteiger partial charge < -0.3 is 11.1 Å². The van der Waals surface area contributed by atoms with Crippen LogP contribution in [0.15, 0.2) is 24.3 Å². The minimum atomic E-state index is -4.95. The monoisotopic (exact) mass is 393 g/mol. The Morgan fingerprint density at radius 3 is 2.58 bits per heavy atom. The zero-order chi connectivity index (χ0) is 18.2. The first-order chi connectivity index (χ1) is 11.8. The molecule has 1 atom stereocenters. The lowest BCUT2D eigenvalue weighted by Crippen LogP contribution is -2.39. The lowest BCUT2D eigenvalue weighted by atomic mass is 10.2. The highest BCUT2D eigenvalue weighted by atomic mass is 35.5. The summed E-state index contributed by atoms with van der Waals surface area (Å²) >= 11 is 0. The molecule has 1 fully saturated rings. The van der Waals surface area contributed by atoms with Crippen LogP contribution in [0.25, 0.3) is 5.69 Å². The SMILES string of the molecule is Cl.NC(CNC(=O)c1nnn(-c2ccccc2F)c1C(F)(F)F)C1CC1. The van der Waals surface area contributed by atoms with E-state index in [1.165, 1.54) is 12.1 Å². The predicted molar refractivity (Wildman–Crippen MR) is 86.6 cm³/mol. The highest BCUT2D eigenvalue weighted by molar-refractivity contribution is 5.93. The van der Waals surface area contributed by atoms with Gasteiger partial charge >= 0.3 is 6.18 Å². The summed E-state index contributed by atoms with van der Waals surface area (Å²) in [6.45, 7) is 0.0351. The molecule has 1 amide bonds. The number of nitrogens with one attached hydrogen (secondary N) is 1. The molecule has 3 rings (SSSR count). The highest BCUT2D eigenvalue weighted by Gasteiger charge is 2.42. The Bertz CT molecular complexity index is 791. The zero-order valence-corrected chi connectivity index (χ0v) is 14.1. The molecule has 1 aliphatic carbocycles. The molecule has 0 aliphatic heterocycles. The van der Waals surface area contributed by atoms with E-state index in [-0.39, 0.29) is 35.6 Å². The third-order valence-electron chi connectivity index (χ3n) is 3.96. The van der Waals surface area contributed by atoms with E-state index in [1.807, 2.05) is 0 Å². The first-order valence-corrected chi connectivity index (χ1v) is 7.60. The van der Waals surface area contributed by atoms with Crippen LogP contribution in [0.4, 0.5) is 17.6 Å². The molecular formula is C15H16ClF4N5O. The number of halogens is 5. The van der Waals surface area contributed by atoms with Gasteiger partial charge in [-0.15, -0.1) is 17.5 Å². The lowest BCUT2D eigenvalue weighted by Gasteiger charge is -2.13. The number of carbonyl (C=O) groups excluding carboxylic acids is 1. The van der Waals surface area contributed by atoms with Gasteiger partial charge in [0.05, 0.1) is 0 Å². The molecule has 1 unspecified atom stereocenters. The summed E-state index contributed by atoms with van der Waals surface area (Å²) in [5.74, 6) is -1.69. The maximum atomic E-state index is 13.8. The van der Waals surface area contributed by atoms with Crippen molar-refractivity contribution >= 4 is 18.3 Å². The maximum absolute atomic E-state index is 13.8. The number of rotatable bonds is 5. The standard InChI is InChI=1S/C15H15F4N5O.ClH/c16-9-3-1-2-4-11(9)24-13(15(17,18)19)12(22-23-24)14(25)21-7-10(20)8-5-6-8;/h1-4,8,10H,5-7,20H2,(H,21,25);1H. The molecule has 6 nitrogen and oxygen atoms in total. The quantitative estimate of drug-likeness (QED) is 0.763. The molecular weight excluding hydrogens is 378 g/mol. The van der Waals surface area contributed by atoms with Crippen LogP contribution in [-0.4, -0.2) is 33.5 Å². The molecule has 1 aromatic heterocycles. The average molecular weight is 394 g/mol. The van der Waals surface area contributed by atoms with Crippen LogP contribution < -0.4 is 11.1 Å². The molecule has 142 valence electrons. The Hall–Kier alpha value is -2.20. The van der Waals surface area contributed by atoms with Crippen molar-refractivity contribution in [1.29, 1.82) is 0 Å². The third kappa shape index (κ3) is 4.13. The van der Waals surface area contributed by atoms with Crippen LogP contribution in [0.1, 0.15) is 29.0 Å². The molecule has 11 heteroatoms. The summed E-state index contributed by atoms with van der Waals surface area (Å²) in [4.78, 5) is 12.1. The van der Waals surface area contributed by atoms with E-state index in [0.29, 0.717) is 0 Å². The number of alkyl halides is 3. The molecule has 0 spiro atoms. The van der Waals surface area contributed by atoms with Crippen LogP contribution in [-0.2, 0) is 6.18 Å². The minimum absolute atomic E-state index is 0. The number of aromatic nitrogens is 3. The van der Waals surface area contributed by atoms with Crippen molar-refractivity contribution in [3.8, 4) is 5.69 Å². The van der Waals surface area contributed by atoms with E-state index in [4.69, 9.17) is 5.73 Å². The Morgan fingerprint density at radius 1 is 1.35 bits per heavy atom. The first kappa shape index (κ1) is 20.1. The molecule has 26 heavy (non-hydrogen) atoms. The highest BCUT2D eigenvalue weighted by Crippen LogP contribution is 2.33. The van der Waals surface area contributed by atoms with E-state index in [2.05, 4.69) is 15.6 Å². The Morgan fingerprint density at radius 2 is 2.00 bits per heavy atom. The molecule has 3 N–H and O–H groups in total. The normalized spacial score (nSPS) is 15.3. The average Bonchev–Trinajstić information content (AvgIpc) is 3.30. The fourth-order valence-corrected chi connectivity index (χ4v) is 2.47. The zero-order valence-electron chi connectivity index (χ0n) is 13.3. The summed E-state index contributed by atoms with van der Waals surface area (Å²) in [7, 11) is 0. The second-order valence-corrected chi connectivity index (χ2v) is 5.86. The number of amides is 1. The van der Waals surface area contributed by atoms with Crippen molar-refractivity contribution in [2.75, 3.05) is 6.54 Å². The van der Waals surface area contributed by atoms with Crippen LogP contribution >= 0.6 is 12.4 Å². The lowest BCUT2D eigenvalue weighted by molar-refractivity contribution is -0.143. The topological polar surface area (TPSA) is 85.8 Å². The van der Waals surface area contributed by atoms with E-state index in [0.717, 1.165) is 25.0 Å². The molecule has 0 bridgehead atoms.